The summed E-state index contributed by atoms with van der Waals surface area (Å²) in [4.78, 5) is 22.3. The fourth-order valence-electron chi connectivity index (χ4n) is 1.19. The summed E-state index contributed by atoms with van der Waals surface area (Å²) in [5.41, 5.74) is 0. The topological polar surface area (TPSA) is 89.5 Å². The van der Waals surface area contributed by atoms with Crippen molar-refractivity contribution in [2.75, 3.05) is 6.61 Å². The first kappa shape index (κ1) is 14.2. The summed E-state index contributed by atoms with van der Waals surface area (Å²) in [5, 5.41) is 0. The summed E-state index contributed by atoms with van der Waals surface area (Å²) in [6.07, 6.45) is -0.625. The van der Waals surface area contributed by atoms with E-state index >= 15 is 0 Å². The smallest absolute Gasteiger partial charge is 0.315 e. The standard InChI is InChI=1S/C11H13NO5S/c1-2-17-11(14)8-10(13)12-18(15,16)9-6-4-3-5-7-9/h3-7H,2,8H2,1H3,(H,12,13). The van der Waals surface area contributed by atoms with E-state index in [4.69, 9.17) is 0 Å². The number of carbonyl (C=O) groups is 2. The average molecular weight is 271 g/mol. The van der Waals surface area contributed by atoms with Gasteiger partial charge in [-0.3, -0.25) is 9.59 Å². The van der Waals surface area contributed by atoms with E-state index in [1.807, 2.05) is 0 Å². The van der Waals surface area contributed by atoms with Crippen molar-refractivity contribution in [3.05, 3.63) is 30.3 Å². The highest BCUT2D eigenvalue weighted by Crippen LogP contribution is 2.07. The Morgan fingerprint density at radius 3 is 2.39 bits per heavy atom. The SMILES string of the molecule is CCOC(=O)CC(=O)NS(=O)(=O)c1ccccc1. The molecule has 0 saturated heterocycles. The Labute approximate surface area is 105 Å². The molecule has 0 heterocycles. The number of esters is 1. The molecule has 7 heteroatoms. The first-order chi connectivity index (χ1) is 8.45. The largest absolute Gasteiger partial charge is 0.466 e. The van der Waals surface area contributed by atoms with Crippen molar-refractivity contribution in [2.45, 2.75) is 18.2 Å². The van der Waals surface area contributed by atoms with E-state index < -0.39 is 28.3 Å². The number of carbonyl (C=O) groups excluding carboxylic acids is 2. The Morgan fingerprint density at radius 1 is 1.22 bits per heavy atom. The molecule has 18 heavy (non-hydrogen) atoms. The minimum Gasteiger partial charge on any atom is -0.466 e. The van der Waals surface area contributed by atoms with E-state index in [-0.39, 0.29) is 11.5 Å². The van der Waals surface area contributed by atoms with E-state index in [0.29, 0.717) is 0 Å². The van der Waals surface area contributed by atoms with Crippen LogP contribution in [0.2, 0.25) is 0 Å². The van der Waals surface area contributed by atoms with Crippen LogP contribution >= 0.6 is 0 Å². The molecule has 0 aromatic heterocycles. The lowest BCUT2D eigenvalue weighted by atomic mass is 10.4. The van der Waals surface area contributed by atoms with Crippen LogP contribution in [0.25, 0.3) is 0 Å². The number of amides is 1. The number of hydrogen-bond acceptors (Lipinski definition) is 5. The lowest BCUT2D eigenvalue weighted by Gasteiger charge is -2.06. The molecule has 1 N–H and O–H groups in total. The Kier molecular flexibility index (Phi) is 4.85. The molecule has 1 aromatic carbocycles. The maximum Gasteiger partial charge on any atom is 0.315 e. The van der Waals surface area contributed by atoms with Gasteiger partial charge in [-0.2, -0.15) is 0 Å². The molecule has 1 aromatic rings. The molecule has 0 bridgehead atoms. The Hall–Kier alpha value is -1.89. The molecule has 0 radical (unpaired) electrons. The molecular formula is C11H13NO5S. The quantitative estimate of drug-likeness (QED) is 0.620. The summed E-state index contributed by atoms with van der Waals surface area (Å²) in [7, 11) is -3.93. The van der Waals surface area contributed by atoms with Crippen molar-refractivity contribution in [3.8, 4) is 0 Å². The van der Waals surface area contributed by atoms with E-state index in [0.717, 1.165) is 0 Å². The lowest BCUT2D eigenvalue weighted by Crippen LogP contribution is -2.32. The van der Waals surface area contributed by atoms with Gasteiger partial charge in [0.25, 0.3) is 10.0 Å². The van der Waals surface area contributed by atoms with Gasteiger partial charge in [-0.15, -0.1) is 0 Å². The maximum absolute atomic E-state index is 11.7. The summed E-state index contributed by atoms with van der Waals surface area (Å²) in [6.45, 7) is 1.73. The number of hydrogen-bond donors (Lipinski definition) is 1. The number of rotatable bonds is 5. The summed E-state index contributed by atoms with van der Waals surface area (Å²) in [6, 6.07) is 7.41. The van der Waals surface area contributed by atoms with Gasteiger partial charge < -0.3 is 4.74 Å². The fourth-order valence-corrected chi connectivity index (χ4v) is 2.19. The summed E-state index contributed by atoms with van der Waals surface area (Å²) < 4.78 is 29.7. The van der Waals surface area contributed by atoms with Crippen LogP contribution in [-0.4, -0.2) is 26.9 Å². The van der Waals surface area contributed by atoms with Crippen molar-refractivity contribution in [3.63, 3.8) is 0 Å². The first-order valence-electron chi connectivity index (χ1n) is 5.22. The van der Waals surface area contributed by atoms with Crippen LogP contribution in [0.1, 0.15) is 13.3 Å². The predicted molar refractivity (Wildman–Crippen MR) is 63.0 cm³/mol. The molecule has 0 atom stereocenters. The van der Waals surface area contributed by atoms with Crippen LogP contribution in [0.4, 0.5) is 0 Å². The van der Waals surface area contributed by atoms with Crippen molar-refractivity contribution in [1.29, 1.82) is 0 Å². The van der Waals surface area contributed by atoms with E-state index in [9.17, 15) is 18.0 Å². The predicted octanol–water partition coefficient (Wildman–Crippen LogP) is 0.445. The molecule has 6 nitrogen and oxygen atoms in total. The van der Waals surface area contributed by atoms with Crippen molar-refractivity contribution in [2.24, 2.45) is 0 Å². The Bertz CT molecular complexity index is 524. The van der Waals surface area contributed by atoms with Crippen molar-refractivity contribution >= 4 is 21.9 Å². The summed E-state index contributed by atoms with van der Waals surface area (Å²) in [5.74, 6) is -1.68. The zero-order valence-corrected chi connectivity index (χ0v) is 10.6. The van der Waals surface area contributed by atoms with Crippen LogP contribution < -0.4 is 4.72 Å². The van der Waals surface area contributed by atoms with Gasteiger partial charge in [0.15, 0.2) is 0 Å². The van der Waals surface area contributed by atoms with Crippen LogP contribution in [0.5, 0.6) is 0 Å². The second-order valence-electron chi connectivity index (χ2n) is 3.32. The van der Waals surface area contributed by atoms with Gasteiger partial charge in [-0.1, -0.05) is 18.2 Å². The zero-order chi connectivity index (χ0) is 13.6. The molecule has 0 saturated carbocycles. The highest BCUT2D eigenvalue weighted by Gasteiger charge is 2.19. The Balaban J connectivity index is 2.67. The van der Waals surface area contributed by atoms with E-state index in [2.05, 4.69) is 4.74 Å². The van der Waals surface area contributed by atoms with Crippen LogP contribution in [0, 0.1) is 0 Å². The Morgan fingerprint density at radius 2 is 1.83 bits per heavy atom. The third-order valence-corrected chi connectivity index (χ3v) is 3.30. The second-order valence-corrected chi connectivity index (χ2v) is 5.01. The van der Waals surface area contributed by atoms with Gasteiger partial charge in [-0.25, -0.2) is 13.1 Å². The van der Waals surface area contributed by atoms with Gasteiger partial charge >= 0.3 is 5.97 Å². The normalized spacial score (nSPS) is 10.7. The molecule has 98 valence electrons. The third-order valence-electron chi connectivity index (χ3n) is 1.91. The molecule has 0 aliphatic rings. The van der Waals surface area contributed by atoms with Crippen molar-refractivity contribution < 1.29 is 22.7 Å². The molecule has 1 amide bonds. The fraction of sp³-hybridized carbons (Fsp3) is 0.273. The van der Waals surface area contributed by atoms with E-state index in [1.54, 1.807) is 17.7 Å². The average Bonchev–Trinajstić information content (AvgIpc) is 2.29. The third kappa shape index (κ3) is 4.17. The molecule has 1 rings (SSSR count). The number of ether oxygens (including phenoxy) is 1. The summed E-state index contributed by atoms with van der Waals surface area (Å²) >= 11 is 0. The highest BCUT2D eigenvalue weighted by atomic mass is 32.2. The lowest BCUT2D eigenvalue weighted by molar-refractivity contribution is -0.145. The minimum absolute atomic E-state index is 0.0396. The minimum atomic E-state index is -3.93. The van der Waals surface area contributed by atoms with Gasteiger partial charge in [0.2, 0.25) is 5.91 Å². The van der Waals surface area contributed by atoms with Crippen LogP contribution in [0.15, 0.2) is 35.2 Å². The monoisotopic (exact) mass is 271 g/mol. The van der Waals surface area contributed by atoms with Gasteiger partial charge in [-0.05, 0) is 19.1 Å². The van der Waals surface area contributed by atoms with Gasteiger partial charge in [0.05, 0.1) is 11.5 Å². The second kappa shape index (κ2) is 6.15. The van der Waals surface area contributed by atoms with E-state index in [1.165, 1.54) is 24.3 Å². The molecule has 0 aliphatic carbocycles. The van der Waals surface area contributed by atoms with Gasteiger partial charge in [0.1, 0.15) is 6.42 Å². The molecule has 0 spiro atoms. The maximum atomic E-state index is 11.7. The van der Waals surface area contributed by atoms with Crippen molar-refractivity contribution in [1.82, 2.24) is 4.72 Å². The van der Waals surface area contributed by atoms with Crippen LogP contribution in [0.3, 0.4) is 0 Å². The first-order valence-corrected chi connectivity index (χ1v) is 6.70. The molecule has 0 fully saturated rings. The van der Waals surface area contributed by atoms with Crippen LogP contribution in [-0.2, 0) is 24.3 Å². The van der Waals surface area contributed by atoms with Gasteiger partial charge in [0, 0.05) is 0 Å². The number of benzene rings is 1. The molecular weight excluding hydrogens is 258 g/mol. The number of sulfonamides is 1. The molecule has 0 unspecified atom stereocenters. The zero-order valence-electron chi connectivity index (χ0n) is 9.75. The highest BCUT2D eigenvalue weighted by molar-refractivity contribution is 7.90. The molecule has 0 aliphatic heterocycles. The number of nitrogens with one attached hydrogen (secondary N) is 1.